The second-order valence-electron chi connectivity index (χ2n) is 3.10. The highest BCUT2D eigenvalue weighted by Crippen LogP contribution is 2.23. The fourth-order valence-corrected chi connectivity index (χ4v) is 1.94. The van der Waals surface area contributed by atoms with Crippen molar-refractivity contribution >= 4 is 22.9 Å². The molecule has 1 saturated heterocycles. The van der Waals surface area contributed by atoms with Crippen LogP contribution in [0.3, 0.4) is 0 Å². The zero-order valence-electron chi connectivity index (χ0n) is 7.90. The summed E-state index contributed by atoms with van der Waals surface area (Å²) in [5.41, 5.74) is 1.12. The van der Waals surface area contributed by atoms with Gasteiger partial charge in [0.05, 0.1) is 4.91 Å². The quantitative estimate of drug-likeness (QED) is 0.775. The highest BCUT2D eigenvalue weighted by Gasteiger charge is 2.24. The molecule has 1 aromatic carbocycles. The summed E-state index contributed by atoms with van der Waals surface area (Å²) in [4.78, 5) is 22.5. The first kappa shape index (κ1) is 9.98. The molecule has 0 spiro atoms. The van der Waals surface area contributed by atoms with Gasteiger partial charge in [-0.05, 0) is 23.7 Å². The molecule has 0 aliphatic carbocycles. The predicted octanol–water partition coefficient (Wildman–Crippen LogP) is 2.10. The summed E-state index contributed by atoms with van der Waals surface area (Å²) in [6.45, 7) is 0. The van der Waals surface area contributed by atoms with Crippen LogP contribution in [0.5, 0.6) is 0 Å². The van der Waals surface area contributed by atoms with Gasteiger partial charge >= 0.3 is 0 Å². The number of carbonyl (C=O) groups excluding carboxylic acids is 2. The molecule has 1 fully saturated rings. The van der Waals surface area contributed by atoms with Gasteiger partial charge in [-0.1, -0.05) is 36.4 Å². The first-order valence-corrected chi connectivity index (χ1v) is 5.34. The van der Waals surface area contributed by atoms with E-state index in [9.17, 15) is 9.59 Å². The van der Waals surface area contributed by atoms with Gasteiger partial charge in [-0.2, -0.15) is 0 Å². The van der Waals surface area contributed by atoms with Crippen molar-refractivity contribution in [2.75, 3.05) is 0 Å². The SMILES string of the molecule is O=C1NC(=O)/C(=C/Cc2ccccc2)S1. The van der Waals surface area contributed by atoms with Crippen molar-refractivity contribution in [3.05, 3.63) is 46.9 Å². The van der Waals surface area contributed by atoms with Gasteiger partial charge < -0.3 is 0 Å². The summed E-state index contributed by atoms with van der Waals surface area (Å²) in [5, 5.41) is 1.93. The minimum atomic E-state index is -0.292. The molecule has 3 nitrogen and oxygen atoms in total. The van der Waals surface area contributed by atoms with Crippen molar-refractivity contribution in [1.29, 1.82) is 0 Å². The zero-order chi connectivity index (χ0) is 10.7. The average Bonchev–Trinajstić information content (AvgIpc) is 2.56. The monoisotopic (exact) mass is 219 g/mol. The lowest BCUT2D eigenvalue weighted by molar-refractivity contribution is -0.115. The van der Waals surface area contributed by atoms with Crippen molar-refractivity contribution in [2.24, 2.45) is 0 Å². The Bertz CT molecular complexity index is 425. The Morgan fingerprint density at radius 3 is 2.53 bits per heavy atom. The van der Waals surface area contributed by atoms with E-state index in [4.69, 9.17) is 0 Å². The summed E-state index contributed by atoms with van der Waals surface area (Å²) in [5.74, 6) is -0.291. The molecule has 0 radical (unpaired) electrons. The van der Waals surface area contributed by atoms with Gasteiger partial charge in [-0.25, -0.2) is 0 Å². The number of amides is 2. The standard InChI is InChI=1S/C11H9NO2S/c13-10-9(15-11(14)12-10)7-6-8-4-2-1-3-5-8/h1-5,7H,6H2,(H,12,13,14)/b9-7-. The molecule has 76 valence electrons. The second-order valence-corrected chi connectivity index (χ2v) is 4.12. The Hall–Kier alpha value is -1.55. The molecule has 0 atom stereocenters. The van der Waals surface area contributed by atoms with Gasteiger partial charge in [0.15, 0.2) is 0 Å². The number of nitrogens with one attached hydrogen (secondary N) is 1. The van der Waals surface area contributed by atoms with Crippen LogP contribution in [-0.2, 0) is 11.2 Å². The van der Waals surface area contributed by atoms with Crippen LogP contribution in [-0.4, -0.2) is 11.1 Å². The third kappa shape index (κ3) is 2.47. The molecule has 0 saturated carbocycles. The van der Waals surface area contributed by atoms with Crippen molar-refractivity contribution in [2.45, 2.75) is 6.42 Å². The Kier molecular flexibility index (Phi) is 2.87. The van der Waals surface area contributed by atoms with Crippen LogP contribution < -0.4 is 5.32 Å². The van der Waals surface area contributed by atoms with Gasteiger partial charge in [-0.3, -0.25) is 14.9 Å². The van der Waals surface area contributed by atoms with Crippen LogP contribution in [0.15, 0.2) is 41.3 Å². The van der Waals surface area contributed by atoms with Crippen LogP contribution >= 0.6 is 11.8 Å². The number of hydrogen-bond donors (Lipinski definition) is 1. The molecule has 1 aliphatic rings. The van der Waals surface area contributed by atoms with Crippen molar-refractivity contribution in [3.8, 4) is 0 Å². The van der Waals surface area contributed by atoms with E-state index in [2.05, 4.69) is 5.32 Å². The van der Waals surface area contributed by atoms with Gasteiger partial charge in [0.1, 0.15) is 0 Å². The van der Waals surface area contributed by atoms with Crippen LogP contribution in [0.2, 0.25) is 0 Å². The summed E-state index contributed by atoms with van der Waals surface area (Å²) < 4.78 is 0. The zero-order valence-corrected chi connectivity index (χ0v) is 8.71. The molecule has 4 heteroatoms. The summed E-state index contributed by atoms with van der Waals surface area (Å²) in [7, 11) is 0. The molecule has 1 N–H and O–H groups in total. The number of carbonyl (C=O) groups is 2. The molecule has 0 bridgehead atoms. The molecule has 2 rings (SSSR count). The maximum atomic E-state index is 11.2. The number of rotatable bonds is 2. The summed E-state index contributed by atoms with van der Waals surface area (Å²) >= 11 is 0.954. The molecule has 0 aromatic heterocycles. The van der Waals surface area contributed by atoms with Gasteiger partial charge in [0.25, 0.3) is 11.1 Å². The highest BCUT2D eigenvalue weighted by atomic mass is 32.2. The smallest absolute Gasteiger partial charge is 0.282 e. The van der Waals surface area contributed by atoms with E-state index in [0.717, 1.165) is 17.3 Å². The fraction of sp³-hybridized carbons (Fsp3) is 0.0909. The second kappa shape index (κ2) is 4.31. The van der Waals surface area contributed by atoms with Crippen LogP contribution in [0.4, 0.5) is 4.79 Å². The molecule has 1 aromatic rings. The van der Waals surface area contributed by atoms with Crippen molar-refractivity contribution < 1.29 is 9.59 Å². The van der Waals surface area contributed by atoms with E-state index in [0.29, 0.717) is 11.3 Å². The number of allylic oxidation sites excluding steroid dienone is 1. The lowest BCUT2D eigenvalue weighted by Crippen LogP contribution is -2.17. The fourth-order valence-electron chi connectivity index (χ4n) is 1.29. The number of thioether (sulfide) groups is 1. The molecule has 1 aliphatic heterocycles. The van der Waals surface area contributed by atoms with Crippen LogP contribution in [0.1, 0.15) is 5.56 Å². The van der Waals surface area contributed by atoms with E-state index in [-0.39, 0.29) is 11.1 Å². The minimum absolute atomic E-state index is 0.291. The third-order valence-corrected chi connectivity index (χ3v) is 2.87. The molecule has 2 amide bonds. The summed E-state index contributed by atoms with van der Waals surface area (Å²) in [6.07, 6.45) is 2.45. The topological polar surface area (TPSA) is 46.2 Å². The molecular formula is C11H9NO2S. The Balaban J connectivity index is 2.06. The van der Waals surface area contributed by atoms with Crippen molar-refractivity contribution in [3.63, 3.8) is 0 Å². The molecular weight excluding hydrogens is 210 g/mol. The number of imide groups is 1. The Morgan fingerprint density at radius 2 is 1.93 bits per heavy atom. The van der Waals surface area contributed by atoms with Gasteiger partial charge in [0.2, 0.25) is 0 Å². The maximum Gasteiger partial charge on any atom is 0.290 e. The normalized spacial score (nSPS) is 18.3. The third-order valence-electron chi connectivity index (χ3n) is 2.01. The predicted molar refractivity (Wildman–Crippen MR) is 59.4 cm³/mol. The van der Waals surface area contributed by atoms with E-state index < -0.39 is 0 Å². The Labute approximate surface area is 91.6 Å². The molecule has 15 heavy (non-hydrogen) atoms. The maximum absolute atomic E-state index is 11.2. The van der Waals surface area contributed by atoms with E-state index in [1.807, 2.05) is 30.3 Å². The Morgan fingerprint density at radius 1 is 1.20 bits per heavy atom. The highest BCUT2D eigenvalue weighted by molar-refractivity contribution is 8.18. The average molecular weight is 219 g/mol. The van der Waals surface area contributed by atoms with Crippen LogP contribution in [0, 0.1) is 0 Å². The van der Waals surface area contributed by atoms with E-state index >= 15 is 0 Å². The minimum Gasteiger partial charge on any atom is -0.282 e. The van der Waals surface area contributed by atoms with Gasteiger partial charge in [-0.15, -0.1) is 0 Å². The molecule has 0 unspecified atom stereocenters. The largest absolute Gasteiger partial charge is 0.290 e. The lowest BCUT2D eigenvalue weighted by atomic mass is 10.1. The first-order chi connectivity index (χ1) is 7.25. The van der Waals surface area contributed by atoms with Crippen molar-refractivity contribution in [1.82, 2.24) is 5.32 Å². The lowest BCUT2D eigenvalue weighted by Gasteiger charge is -1.95. The number of benzene rings is 1. The van der Waals surface area contributed by atoms with E-state index in [1.54, 1.807) is 6.08 Å². The van der Waals surface area contributed by atoms with Gasteiger partial charge in [0, 0.05) is 0 Å². The number of hydrogen-bond acceptors (Lipinski definition) is 3. The first-order valence-electron chi connectivity index (χ1n) is 4.53. The van der Waals surface area contributed by atoms with E-state index in [1.165, 1.54) is 0 Å². The summed E-state index contributed by atoms with van der Waals surface area (Å²) in [6, 6.07) is 9.80. The van der Waals surface area contributed by atoms with Crippen LogP contribution in [0.25, 0.3) is 0 Å². The molecule has 1 heterocycles.